The highest BCUT2D eigenvalue weighted by atomic mass is 16.5. The molecule has 0 radical (unpaired) electrons. The van der Waals surface area contributed by atoms with Crippen LogP contribution in [0.1, 0.15) is 70.5 Å². The number of rotatable bonds is 9. The molecular formula is C28H30O4. The number of esters is 2. The summed E-state index contributed by atoms with van der Waals surface area (Å²) in [6.45, 7) is 6.08. The van der Waals surface area contributed by atoms with Gasteiger partial charge in [-0.25, -0.2) is 9.59 Å². The predicted molar refractivity (Wildman–Crippen MR) is 127 cm³/mol. The Morgan fingerprint density at radius 2 is 1.28 bits per heavy atom. The molecule has 4 nitrogen and oxygen atoms in total. The van der Waals surface area contributed by atoms with Gasteiger partial charge >= 0.3 is 11.9 Å². The first kappa shape index (κ1) is 23.3. The van der Waals surface area contributed by atoms with E-state index < -0.39 is 11.9 Å². The smallest absolute Gasteiger partial charge is 0.343 e. The molecule has 0 aliphatic rings. The molecule has 0 fully saturated rings. The normalized spacial score (nSPS) is 10.6. The van der Waals surface area contributed by atoms with E-state index in [-0.39, 0.29) is 0 Å². The highest BCUT2D eigenvalue weighted by Gasteiger charge is 2.15. The Balaban J connectivity index is 1.62. The Morgan fingerprint density at radius 3 is 1.91 bits per heavy atom. The summed E-state index contributed by atoms with van der Waals surface area (Å²) in [7, 11) is 0. The number of carbonyl (C=O) groups excluding carboxylic acids is 2. The standard InChI is InChI=1S/C28H30O4/c1-4-6-8-22-9-13-23(14-10-22)27(29)32-25-17-18-26(20(3)19-25)28(30)31-24-15-11-21(7-5-2)12-16-24/h9-19H,4-8H2,1-3H3. The fraction of sp³-hybridized carbons (Fsp3) is 0.286. The van der Waals surface area contributed by atoms with Gasteiger partial charge in [-0.2, -0.15) is 0 Å². The van der Waals surface area contributed by atoms with Crippen LogP contribution in [0.3, 0.4) is 0 Å². The summed E-state index contributed by atoms with van der Waals surface area (Å²) in [5, 5.41) is 0. The molecule has 32 heavy (non-hydrogen) atoms. The van der Waals surface area contributed by atoms with Gasteiger partial charge in [-0.3, -0.25) is 0 Å². The van der Waals surface area contributed by atoms with Gasteiger partial charge in [-0.15, -0.1) is 0 Å². The Labute approximate surface area is 190 Å². The average molecular weight is 431 g/mol. The fourth-order valence-corrected chi connectivity index (χ4v) is 3.46. The van der Waals surface area contributed by atoms with Crippen molar-refractivity contribution >= 4 is 11.9 Å². The van der Waals surface area contributed by atoms with E-state index in [0.717, 1.165) is 32.1 Å². The van der Waals surface area contributed by atoms with Gasteiger partial charge in [-0.1, -0.05) is 51.0 Å². The van der Waals surface area contributed by atoms with Crippen molar-refractivity contribution in [1.29, 1.82) is 0 Å². The summed E-state index contributed by atoms with van der Waals surface area (Å²) in [4.78, 5) is 25.0. The monoisotopic (exact) mass is 430 g/mol. The lowest BCUT2D eigenvalue weighted by Crippen LogP contribution is -2.12. The van der Waals surface area contributed by atoms with Crippen LogP contribution in [0, 0.1) is 6.92 Å². The van der Waals surface area contributed by atoms with Crippen LogP contribution in [0.4, 0.5) is 0 Å². The van der Waals surface area contributed by atoms with Crippen LogP contribution < -0.4 is 9.47 Å². The zero-order chi connectivity index (χ0) is 22.9. The molecule has 0 atom stereocenters. The number of hydrogen-bond acceptors (Lipinski definition) is 4. The van der Waals surface area contributed by atoms with Crippen LogP contribution in [-0.4, -0.2) is 11.9 Å². The summed E-state index contributed by atoms with van der Waals surface area (Å²) in [6.07, 6.45) is 5.33. The molecule has 0 bridgehead atoms. The van der Waals surface area contributed by atoms with Crippen LogP contribution in [0.2, 0.25) is 0 Å². The van der Waals surface area contributed by atoms with Crippen molar-refractivity contribution < 1.29 is 19.1 Å². The third-order valence-electron chi connectivity index (χ3n) is 5.31. The zero-order valence-corrected chi connectivity index (χ0v) is 19.0. The number of carbonyl (C=O) groups is 2. The van der Waals surface area contributed by atoms with Crippen LogP contribution in [-0.2, 0) is 12.8 Å². The van der Waals surface area contributed by atoms with Crippen LogP contribution in [0.15, 0.2) is 66.7 Å². The van der Waals surface area contributed by atoms with E-state index >= 15 is 0 Å². The van der Waals surface area contributed by atoms with E-state index in [1.54, 1.807) is 37.3 Å². The number of benzene rings is 3. The van der Waals surface area contributed by atoms with E-state index in [2.05, 4.69) is 13.8 Å². The van der Waals surface area contributed by atoms with Gasteiger partial charge in [0.25, 0.3) is 0 Å². The average Bonchev–Trinajstić information content (AvgIpc) is 2.79. The second kappa shape index (κ2) is 11.3. The number of hydrogen-bond donors (Lipinski definition) is 0. The fourth-order valence-electron chi connectivity index (χ4n) is 3.46. The second-order valence-electron chi connectivity index (χ2n) is 7.95. The highest BCUT2D eigenvalue weighted by molar-refractivity contribution is 5.93. The Bertz CT molecular complexity index is 1050. The molecule has 3 rings (SSSR count). The zero-order valence-electron chi connectivity index (χ0n) is 19.0. The van der Waals surface area contributed by atoms with Crippen molar-refractivity contribution in [2.24, 2.45) is 0 Å². The Kier molecular flexibility index (Phi) is 8.20. The lowest BCUT2D eigenvalue weighted by molar-refractivity contribution is 0.0730. The van der Waals surface area contributed by atoms with Crippen molar-refractivity contribution in [3.63, 3.8) is 0 Å². The molecule has 0 spiro atoms. The second-order valence-corrected chi connectivity index (χ2v) is 7.95. The minimum Gasteiger partial charge on any atom is -0.423 e. The molecule has 0 heterocycles. The summed E-state index contributed by atoms with van der Waals surface area (Å²) < 4.78 is 11.0. The van der Waals surface area contributed by atoms with E-state index in [0.29, 0.717) is 28.2 Å². The summed E-state index contributed by atoms with van der Waals surface area (Å²) >= 11 is 0. The van der Waals surface area contributed by atoms with Crippen molar-refractivity contribution in [1.82, 2.24) is 0 Å². The first-order chi connectivity index (χ1) is 15.5. The predicted octanol–water partition coefficient (Wildman–Crippen LogP) is 6.73. The number of aryl methyl sites for hydroxylation is 3. The molecule has 166 valence electrons. The molecule has 3 aromatic rings. The number of unbranched alkanes of at least 4 members (excludes halogenated alkanes) is 1. The molecule has 0 aliphatic carbocycles. The van der Waals surface area contributed by atoms with Crippen LogP contribution >= 0.6 is 0 Å². The molecule has 0 aromatic heterocycles. The summed E-state index contributed by atoms with van der Waals surface area (Å²) in [6, 6.07) is 20.0. The van der Waals surface area contributed by atoms with Crippen molar-refractivity contribution in [2.45, 2.75) is 52.9 Å². The Morgan fingerprint density at radius 1 is 0.688 bits per heavy atom. The van der Waals surface area contributed by atoms with Crippen molar-refractivity contribution in [2.75, 3.05) is 0 Å². The number of ether oxygens (including phenoxy) is 2. The molecule has 0 aliphatic heterocycles. The molecule has 0 N–H and O–H groups in total. The minimum atomic E-state index is -0.439. The van der Waals surface area contributed by atoms with Gasteiger partial charge in [-0.05, 0) is 85.3 Å². The molecule has 4 heteroatoms. The van der Waals surface area contributed by atoms with Crippen molar-refractivity contribution in [3.8, 4) is 11.5 Å². The van der Waals surface area contributed by atoms with Gasteiger partial charge in [0.05, 0.1) is 11.1 Å². The summed E-state index contributed by atoms with van der Waals surface area (Å²) in [5.74, 6) is 0.0374. The minimum absolute atomic E-state index is 0.392. The maximum Gasteiger partial charge on any atom is 0.343 e. The van der Waals surface area contributed by atoms with Gasteiger partial charge in [0.2, 0.25) is 0 Å². The first-order valence-electron chi connectivity index (χ1n) is 11.2. The van der Waals surface area contributed by atoms with Crippen molar-refractivity contribution in [3.05, 3.63) is 94.5 Å². The van der Waals surface area contributed by atoms with E-state index in [1.807, 2.05) is 36.4 Å². The van der Waals surface area contributed by atoms with Gasteiger partial charge in [0, 0.05) is 0 Å². The lowest BCUT2D eigenvalue weighted by atomic mass is 10.1. The van der Waals surface area contributed by atoms with Gasteiger partial charge in [0.15, 0.2) is 0 Å². The lowest BCUT2D eigenvalue weighted by Gasteiger charge is -2.10. The molecular weight excluding hydrogens is 400 g/mol. The topological polar surface area (TPSA) is 52.6 Å². The SMILES string of the molecule is CCCCc1ccc(C(=O)Oc2ccc(C(=O)Oc3ccc(CCC)cc3)c(C)c2)cc1. The van der Waals surface area contributed by atoms with E-state index in [9.17, 15) is 9.59 Å². The van der Waals surface area contributed by atoms with Crippen LogP contribution in [0.25, 0.3) is 0 Å². The molecule has 0 saturated heterocycles. The maximum absolute atomic E-state index is 12.6. The Hall–Kier alpha value is -3.40. The van der Waals surface area contributed by atoms with E-state index in [4.69, 9.17) is 9.47 Å². The quantitative estimate of drug-likeness (QED) is 0.279. The third-order valence-corrected chi connectivity index (χ3v) is 5.31. The molecule has 3 aromatic carbocycles. The highest BCUT2D eigenvalue weighted by Crippen LogP contribution is 2.21. The third kappa shape index (κ3) is 6.30. The van der Waals surface area contributed by atoms with Gasteiger partial charge in [0.1, 0.15) is 11.5 Å². The largest absolute Gasteiger partial charge is 0.423 e. The molecule has 0 saturated carbocycles. The van der Waals surface area contributed by atoms with Gasteiger partial charge < -0.3 is 9.47 Å². The maximum atomic E-state index is 12.6. The van der Waals surface area contributed by atoms with Crippen LogP contribution in [0.5, 0.6) is 11.5 Å². The summed E-state index contributed by atoms with van der Waals surface area (Å²) in [5.41, 5.74) is 4.03. The molecule has 0 amide bonds. The molecule has 0 unspecified atom stereocenters. The van der Waals surface area contributed by atoms with E-state index in [1.165, 1.54) is 11.1 Å². The first-order valence-corrected chi connectivity index (χ1v) is 11.2.